The van der Waals surface area contributed by atoms with E-state index in [1.54, 1.807) is 26.5 Å². The number of rotatable bonds is 12. The van der Waals surface area contributed by atoms with Crippen LogP contribution in [0.1, 0.15) is 25.0 Å². The maximum atomic E-state index is 10.4. The number of fused-ring (bicyclic) bond motifs is 1. The minimum absolute atomic E-state index is 0.465. The van der Waals surface area contributed by atoms with Crippen LogP contribution in [0.4, 0.5) is 4.79 Å². The van der Waals surface area contributed by atoms with E-state index in [1.165, 1.54) is 11.8 Å². The number of imidazole rings is 1. The van der Waals surface area contributed by atoms with Gasteiger partial charge in [-0.05, 0) is 31.4 Å². The maximum Gasteiger partial charge on any atom is 0.404 e. The van der Waals surface area contributed by atoms with Gasteiger partial charge in [-0.3, -0.25) is 4.98 Å². The molecule has 10 heteroatoms. The lowest BCUT2D eigenvalue weighted by Gasteiger charge is -2.10. The van der Waals surface area contributed by atoms with Crippen molar-refractivity contribution in [3.63, 3.8) is 0 Å². The van der Waals surface area contributed by atoms with Gasteiger partial charge in [0, 0.05) is 30.6 Å². The van der Waals surface area contributed by atoms with Crippen molar-refractivity contribution in [2.45, 2.75) is 30.2 Å². The second kappa shape index (κ2) is 11.3. The Balaban J connectivity index is 1.52. The summed E-state index contributed by atoms with van der Waals surface area (Å²) in [5, 5.41) is 11.7. The number of nitrogens with zero attached hydrogens (tertiary/aromatic N) is 2. The van der Waals surface area contributed by atoms with Crippen LogP contribution in [0.2, 0.25) is 0 Å². The molecule has 3 N–H and O–H groups in total. The first kappa shape index (κ1) is 22.5. The predicted molar refractivity (Wildman–Crippen MR) is 118 cm³/mol. The standard InChI is InChI=1S/C21H26N4O5S/c1-28-18-8-10-22-17(19(18)29-2)13-31-20-24-15-7-6-14(12-16(15)25-20)30-11-5-3-4-9-23-21(26)27/h6-8,10,12,23H,3-5,9,11,13H2,1-2H3,(H,24,25)(H,26,27). The number of methoxy groups -OCH3 is 2. The Kier molecular flexibility index (Phi) is 8.22. The third kappa shape index (κ3) is 6.42. The highest BCUT2D eigenvalue weighted by molar-refractivity contribution is 7.98. The van der Waals surface area contributed by atoms with Crippen LogP contribution in [0.3, 0.4) is 0 Å². The summed E-state index contributed by atoms with van der Waals surface area (Å²) in [6.45, 7) is 1.04. The Labute approximate surface area is 184 Å². The number of amides is 1. The lowest BCUT2D eigenvalue weighted by Crippen LogP contribution is -2.21. The summed E-state index contributed by atoms with van der Waals surface area (Å²) in [5.74, 6) is 2.63. The largest absolute Gasteiger partial charge is 0.494 e. The molecule has 0 fully saturated rings. The van der Waals surface area contributed by atoms with Gasteiger partial charge in [0.15, 0.2) is 16.7 Å². The van der Waals surface area contributed by atoms with Gasteiger partial charge in [-0.1, -0.05) is 11.8 Å². The Morgan fingerprint density at radius 3 is 2.84 bits per heavy atom. The highest BCUT2D eigenvalue weighted by Crippen LogP contribution is 2.33. The van der Waals surface area contributed by atoms with E-state index in [0.29, 0.717) is 30.4 Å². The van der Waals surface area contributed by atoms with Crippen LogP contribution in [0.5, 0.6) is 17.2 Å². The van der Waals surface area contributed by atoms with Crippen molar-refractivity contribution < 1.29 is 24.1 Å². The van der Waals surface area contributed by atoms with Crippen molar-refractivity contribution in [1.82, 2.24) is 20.3 Å². The fraction of sp³-hybridized carbons (Fsp3) is 0.381. The minimum Gasteiger partial charge on any atom is -0.494 e. The number of carboxylic acid groups (broad SMARTS) is 1. The first-order chi connectivity index (χ1) is 15.1. The Morgan fingerprint density at radius 2 is 2.06 bits per heavy atom. The van der Waals surface area contributed by atoms with Gasteiger partial charge in [-0.2, -0.15) is 0 Å². The summed E-state index contributed by atoms with van der Waals surface area (Å²) in [5.41, 5.74) is 2.55. The first-order valence-corrected chi connectivity index (χ1v) is 10.9. The molecule has 2 heterocycles. The molecule has 9 nitrogen and oxygen atoms in total. The number of thioether (sulfide) groups is 1. The zero-order valence-corrected chi connectivity index (χ0v) is 18.3. The van der Waals surface area contributed by atoms with Crippen LogP contribution in [0.25, 0.3) is 11.0 Å². The minimum atomic E-state index is -0.986. The third-order valence-electron chi connectivity index (χ3n) is 4.51. The van der Waals surface area contributed by atoms with Crippen LogP contribution < -0.4 is 19.5 Å². The number of aromatic amines is 1. The highest BCUT2D eigenvalue weighted by Gasteiger charge is 2.13. The van der Waals surface area contributed by atoms with Crippen molar-refractivity contribution in [2.75, 3.05) is 27.4 Å². The van der Waals surface area contributed by atoms with Gasteiger partial charge in [0.05, 0.1) is 37.6 Å². The fourth-order valence-corrected chi connectivity index (χ4v) is 3.83. The first-order valence-electron chi connectivity index (χ1n) is 9.88. The molecular formula is C21H26N4O5S. The lowest BCUT2D eigenvalue weighted by molar-refractivity contribution is 0.194. The van der Waals surface area contributed by atoms with Crippen molar-refractivity contribution in [2.24, 2.45) is 0 Å². The molecule has 0 aliphatic heterocycles. The van der Waals surface area contributed by atoms with E-state index in [0.717, 1.165) is 46.9 Å². The molecule has 0 unspecified atom stereocenters. The summed E-state index contributed by atoms with van der Waals surface area (Å²) in [6.07, 6.45) is 3.26. The van der Waals surface area contributed by atoms with Crippen molar-refractivity contribution in [3.05, 3.63) is 36.2 Å². The van der Waals surface area contributed by atoms with Gasteiger partial charge in [-0.25, -0.2) is 9.78 Å². The summed E-state index contributed by atoms with van der Waals surface area (Å²) in [6, 6.07) is 7.52. The van der Waals surface area contributed by atoms with Crippen molar-refractivity contribution in [1.29, 1.82) is 0 Å². The zero-order chi connectivity index (χ0) is 22.1. The van der Waals surface area contributed by atoms with Crippen LogP contribution in [0, 0.1) is 0 Å². The molecule has 0 bridgehead atoms. The number of nitrogens with one attached hydrogen (secondary N) is 2. The van der Waals surface area contributed by atoms with E-state index < -0.39 is 6.09 Å². The molecule has 31 heavy (non-hydrogen) atoms. The second-order valence-corrected chi connectivity index (χ2v) is 7.61. The number of hydrogen-bond donors (Lipinski definition) is 3. The molecule has 0 saturated heterocycles. The number of aromatic nitrogens is 3. The van der Waals surface area contributed by atoms with E-state index in [1.807, 2.05) is 18.2 Å². The molecule has 0 spiro atoms. The Bertz CT molecular complexity index is 1010. The molecule has 166 valence electrons. The topological polar surface area (TPSA) is 119 Å². The predicted octanol–water partition coefficient (Wildman–Crippen LogP) is 4.08. The van der Waals surface area contributed by atoms with E-state index >= 15 is 0 Å². The number of unbranched alkanes of at least 4 members (excludes halogenated alkanes) is 2. The average Bonchev–Trinajstić information content (AvgIpc) is 3.18. The molecule has 0 atom stereocenters. The third-order valence-corrected chi connectivity index (χ3v) is 5.39. The van der Waals surface area contributed by atoms with E-state index in [2.05, 4.69) is 20.3 Å². The van der Waals surface area contributed by atoms with Gasteiger partial charge < -0.3 is 29.6 Å². The smallest absolute Gasteiger partial charge is 0.404 e. The number of hydrogen-bond acceptors (Lipinski definition) is 7. The second-order valence-electron chi connectivity index (χ2n) is 6.64. The lowest BCUT2D eigenvalue weighted by atomic mass is 10.2. The van der Waals surface area contributed by atoms with E-state index in [4.69, 9.17) is 19.3 Å². The Morgan fingerprint density at radius 1 is 1.19 bits per heavy atom. The van der Waals surface area contributed by atoms with Gasteiger partial charge in [-0.15, -0.1) is 0 Å². The molecule has 1 amide bonds. The van der Waals surface area contributed by atoms with Crippen LogP contribution >= 0.6 is 11.8 Å². The molecule has 0 saturated carbocycles. The summed E-state index contributed by atoms with van der Waals surface area (Å²) in [4.78, 5) is 22.7. The number of carbonyl (C=O) groups is 1. The maximum absolute atomic E-state index is 10.4. The summed E-state index contributed by atoms with van der Waals surface area (Å²) >= 11 is 1.53. The van der Waals surface area contributed by atoms with Crippen molar-refractivity contribution >= 4 is 28.9 Å². The molecule has 3 aromatic rings. The molecule has 0 radical (unpaired) electrons. The number of pyridine rings is 1. The zero-order valence-electron chi connectivity index (χ0n) is 17.5. The highest BCUT2D eigenvalue weighted by atomic mass is 32.2. The van der Waals surface area contributed by atoms with Crippen LogP contribution in [0.15, 0.2) is 35.6 Å². The van der Waals surface area contributed by atoms with Gasteiger partial charge in [0.25, 0.3) is 0 Å². The molecule has 0 aliphatic rings. The van der Waals surface area contributed by atoms with Crippen LogP contribution in [-0.2, 0) is 5.75 Å². The van der Waals surface area contributed by atoms with Crippen molar-refractivity contribution in [3.8, 4) is 17.2 Å². The molecule has 2 aromatic heterocycles. The van der Waals surface area contributed by atoms with Crippen LogP contribution in [-0.4, -0.2) is 53.5 Å². The van der Waals surface area contributed by atoms with E-state index in [-0.39, 0.29) is 0 Å². The van der Waals surface area contributed by atoms with E-state index in [9.17, 15) is 4.79 Å². The quantitative estimate of drug-likeness (QED) is 0.281. The molecule has 0 aliphatic carbocycles. The molecule has 1 aromatic carbocycles. The monoisotopic (exact) mass is 446 g/mol. The Hall–Kier alpha value is -3.14. The molecular weight excluding hydrogens is 420 g/mol. The number of benzene rings is 1. The summed E-state index contributed by atoms with van der Waals surface area (Å²) in [7, 11) is 3.20. The fourth-order valence-electron chi connectivity index (χ4n) is 3.00. The number of ether oxygens (including phenoxy) is 3. The SMILES string of the molecule is COc1ccnc(CSc2nc3ccc(OCCCCCNC(=O)O)cc3[nH]2)c1OC. The van der Waals surface area contributed by atoms with Gasteiger partial charge in [0.1, 0.15) is 5.75 Å². The van der Waals surface area contributed by atoms with Gasteiger partial charge in [0.2, 0.25) is 0 Å². The van der Waals surface area contributed by atoms with Gasteiger partial charge >= 0.3 is 6.09 Å². The summed E-state index contributed by atoms with van der Waals surface area (Å²) < 4.78 is 16.6. The number of H-pyrrole nitrogens is 1. The molecule has 3 rings (SSSR count). The average molecular weight is 447 g/mol. The normalized spacial score (nSPS) is 10.8.